The molecule has 3 aliphatic rings. The van der Waals surface area contributed by atoms with E-state index in [1.807, 2.05) is 12.1 Å². The zero-order valence-corrected chi connectivity index (χ0v) is 9.27. The third-order valence-electron chi connectivity index (χ3n) is 4.07. The van der Waals surface area contributed by atoms with E-state index in [9.17, 15) is 4.39 Å². The predicted octanol–water partition coefficient (Wildman–Crippen LogP) is 2.00. The van der Waals surface area contributed by atoms with Crippen molar-refractivity contribution in [2.75, 3.05) is 18.0 Å². The molecule has 2 saturated heterocycles. The topological polar surface area (TPSA) is 29.3 Å². The minimum absolute atomic E-state index is 0.123. The maximum absolute atomic E-state index is 13.7. The fourth-order valence-corrected chi connectivity index (χ4v) is 3.20. The van der Waals surface area contributed by atoms with E-state index in [4.69, 9.17) is 5.73 Å². The van der Waals surface area contributed by atoms with Gasteiger partial charge in [0.15, 0.2) is 0 Å². The first kappa shape index (κ1) is 10.1. The van der Waals surface area contributed by atoms with Gasteiger partial charge in [-0.15, -0.1) is 0 Å². The Morgan fingerprint density at radius 2 is 2.06 bits per heavy atom. The van der Waals surface area contributed by atoms with Crippen LogP contribution in [0.15, 0.2) is 24.3 Å². The highest BCUT2D eigenvalue weighted by atomic mass is 19.1. The second-order valence-corrected chi connectivity index (χ2v) is 5.00. The van der Waals surface area contributed by atoms with Gasteiger partial charge in [0, 0.05) is 19.1 Å². The van der Waals surface area contributed by atoms with Crippen LogP contribution in [0.2, 0.25) is 0 Å². The molecular weight excluding hydrogens is 203 g/mol. The number of benzene rings is 1. The van der Waals surface area contributed by atoms with Crippen LogP contribution >= 0.6 is 0 Å². The molecule has 86 valence electrons. The number of para-hydroxylation sites is 1. The molecule has 1 aromatic carbocycles. The summed E-state index contributed by atoms with van der Waals surface area (Å²) in [7, 11) is 0. The van der Waals surface area contributed by atoms with E-state index in [0.717, 1.165) is 18.2 Å². The first-order valence-corrected chi connectivity index (χ1v) is 6.01. The number of hydrogen-bond acceptors (Lipinski definition) is 2. The van der Waals surface area contributed by atoms with Crippen LogP contribution in [0.5, 0.6) is 0 Å². The number of halogens is 1. The van der Waals surface area contributed by atoms with Crippen molar-refractivity contribution in [2.45, 2.75) is 18.9 Å². The molecular formula is C13H17FN2. The molecule has 0 amide bonds. The molecule has 1 aliphatic carbocycles. The summed E-state index contributed by atoms with van der Waals surface area (Å²) in [5, 5.41) is 0. The van der Waals surface area contributed by atoms with E-state index < -0.39 is 0 Å². The van der Waals surface area contributed by atoms with Crippen LogP contribution in [0, 0.1) is 17.7 Å². The molecule has 1 aromatic rings. The molecule has 2 N–H and O–H groups in total. The standard InChI is InChI=1S/C13H17FN2/c14-11-3-1-2-4-12(11)16-8-9-5-10(6-9)13(16)7-15/h1-4,9-10,13H,5-8,15H2. The van der Waals surface area contributed by atoms with Crippen LogP contribution in [-0.2, 0) is 0 Å². The predicted molar refractivity (Wildman–Crippen MR) is 62.8 cm³/mol. The normalized spacial score (nSPS) is 32.4. The summed E-state index contributed by atoms with van der Waals surface area (Å²) in [5.74, 6) is 1.32. The van der Waals surface area contributed by atoms with Gasteiger partial charge in [-0.3, -0.25) is 0 Å². The van der Waals surface area contributed by atoms with Gasteiger partial charge in [-0.2, -0.15) is 0 Å². The summed E-state index contributed by atoms with van der Waals surface area (Å²) in [5.41, 5.74) is 6.56. The lowest BCUT2D eigenvalue weighted by molar-refractivity contribution is 0.113. The maximum Gasteiger partial charge on any atom is 0.146 e. The second kappa shape index (κ2) is 3.74. The molecule has 0 radical (unpaired) electrons. The molecule has 3 heteroatoms. The SMILES string of the molecule is NCC1C2CC(C2)CN1c1ccccc1F. The highest BCUT2D eigenvalue weighted by Crippen LogP contribution is 2.45. The van der Waals surface area contributed by atoms with Crippen molar-refractivity contribution in [1.82, 2.24) is 0 Å². The number of anilines is 1. The highest BCUT2D eigenvalue weighted by Gasteiger charge is 2.44. The van der Waals surface area contributed by atoms with Crippen LogP contribution in [-0.4, -0.2) is 19.1 Å². The fraction of sp³-hybridized carbons (Fsp3) is 0.538. The molecule has 2 heterocycles. The zero-order chi connectivity index (χ0) is 11.1. The lowest BCUT2D eigenvalue weighted by Crippen LogP contribution is -2.59. The fourth-order valence-electron chi connectivity index (χ4n) is 3.20. The summed E-state index contributed by atoms with van der Waals surface area (Å²) < 4.78 is 13.7. The number of hydrogen-bond donors (Lipinski definition) is 1. The summed E-state index contributed by atoms with van der Waals surface area (Å²) >= 11 is 0. The number of piperidine rings is 2. The Balaban J connectivity index is 1.91. The van der Waals surface area contributed by atoms with Crippen molar-refractivity contribution in [3.63, 3.8) is 0 Å². The number of rotatable bonds is 2. The monoisotopic (exact) mass is 220 g/mol. The number of nitrogens with two attached hydrogens (primary N) is 1. The van der Waals surface area contributed by atoms with Gasteiger partial charge in [-0.05, 0) is 36.8 Å². The summed E-state index contributed by atoms with van der Waals surface area (Å²) in [6.45, 7) is 1.60. The third-order valence-corrected chi connectivity index (χ3v) is 4.07. The van der Waals surface area contributed by atoms with E-state index in [1.54, 1.807) is 6.07 Å². The smallest absolute Gasteiger partial charge is 0.146 e. The van der Waals surface area contributed by atoms with E-state index in [2.05, 4.69) is 4.90 Å². The Hall–Kier alpha value is -1.09. The van der Waals surface area contributed by atoms with Crippen molar-refractivity contribution in [1.29, 1.82) is 0 Å². The Morgan fingerprint density at radius 1 is 1.31 bits per heavy atom. The second-order valence-electron chi connectivity index (χ2n) is 5.00. The first-order valence-electron chi connectivity index (χ1n) is 6.01. The van der Waals surface area contributed by atoms with Gasteiger partial charge >= 0.3 is 0 Å². The molecule has 4 rings (SSSR count). The molecule has 2 aliphatic heterocycles. The van der Waals surface area contributed by atoms with Crippen LogP contribution in [0.4, 0.5) is 10.1 Å². The van der Waals surface area contributed by atoms with Crippen molar-refractivity contribution in [3.8, 4) is 0 Å². The van der Waals surface area contributed by atoms with E-state index >= 15 is 0 Å². The van der Waals surface area contributed by atoms with Gasteiger partial charge in [-0.1, -0.05) is 12.1 Å². The molecule has 0 aromatic heterocycles. The average Bonchev–Trinajstić information content (AvgIpc) is 2.27. The van der Waals surface area contributed by atoms with Crippen LogP contribution in [0.3, 0.4) is 0 Å². The van der Waals surface area contributed by atoms with E-state index in [0.29, 0.717) is 18.5 Å². The maximum atomic E-state index is 13.7. The Bertz CT molecular complexity index is 387. The molecule has 0 spiro atoms. The molecule has 1 unspecified atom stereocenters. The molecule has 16 heavy (non-hydrogen) atoms. The van der Waals surface area contributed by atoms with Gasteiger partial charge in [0.05, 0.1) is 5.69 Å². The minimum atomic E-state index is -0.123. The molecule has 1 saturated carbocycles. The highest BCUT2D eigenvalue weighted by molar-refractivity contribution is 5.50. The van der Waals surface area contributed by atoms with Gasteiger partial charge in [0.2, 0.25) is 0 Å². The number of fused-ring (bicyclic) bond motifs is 2. The average molecular weight is 220 g/mol. The summed E-state index contributed by atoms with van der Waals surface area (Å²) in [6, 6.07) is 7.36. The van der Waals surface area contributed by atoms with E-state index in [1.165, 1.54) is 18.9 Å². The van der Waals surface area contributed by atoms with Crippen LogP contribution < -0.4 is 10.6 Å². The van der Waals surface area contributed by atoms with Gasteiger partial charge in [0.1, 0.15) is 5.82 Å². The molecule has 2 bridgehead atoms. The Kier molecular flexibility index (Phi) is 2.36. The van der Waals surface area contributed by atoms with Gasteiger partial charge < -0.3 is 10.6 Å². The lowest BCUT2D eigenvalue weighted by Gasteiger charge is -2.53. The Labute approximate surface area is 95.2 Å². The summed E-state index contributed by atoms with van der Waals surface area (Å²) in [6.07, 6.45) is 2.57. The Morgan fingerprint density at radius 3 is 2.75 bits per heavy atom. The van der Waals surface area contributed by atoms with Gasteiger partial charge in [0.25, 0.3) is 0 Å². The van der Waals surface area contributed by atoms with Crippen LogP contribution in [0.1, 0.15) is 12.8 Å². The van der Waals surface area contributed by atoms with Gasteiger partial charge in [-0.25, -0.2) is 4.39 Å². The van der Waals surface area contributed by atoms with Crippen molar-refractivity contribution in [3.05, 3.63) is 30.1 Å². The quantitative estimate of drug-likeness (QED) is 0.826. The third kappa shape index (κ3) is 1.42. The molecule has 1 atom stereocenters. The number of nitrogens with zero attached hydrogens (tertiary/aromatic N) is 1. The molecule has 2 nitrogen and oxygen atoms in total. The van der Waals surface area contributed by atoms with Crippen molar-refractivity contribution in [2.24, 2.45) is 17.6 Å². The van der Waals surface area contributed by atoms with E-state index in [-0.39, 0.29) is 5.82 Å². The summed E-state index contributed by atoms with van der Waals surface area (Å²) in [4.78, 5) is 2.18. The lowest BCUT2D eigenvalue weighted by atomic mass is 9.66. The van der Waals surface area contributed by atoms with Crippen LogP contribution in [0.25, 0.3) is 0 Å². The molecule has 3 fully saturated rings. The first-order chi connectivity index (χ1) is 7.79. The minimum Gasteiger partial charge on any atom is -0.364 e. The van der Waals surface area contributed by atoms with Crippen molar-refractivity contribution < 1.29 is 4.39 Å². The zero-order valence-electron chi connectivity index (χ0n) is 9.27. The largest absolute Gasteiger partial charge is 0.364 e. The van der Waals surface area contributed by atoms with Crippen molar-refractivity contribution >= 4 is 5.69 Å².